The number of imide groups is 1. The molecule has 0 aliphatic carbocycles. The Bertz CT molecular complexity index is 1250. The first kappa shape index (κ1) is 21.8. The highest BCUT2D eigenvalue weighted by atomic mass is 16.5. The minimum Gasteiger partial charge on any atom is -0.495 e. The number of hydrogen-bond donors (Lipinski definition) is 1. The van der Waals surface area contributed by atoms with Crippen molar-refractivity contribution >= 4 is 40.4 Å². The molecule has 1 aliphatic heterocycles. The molecule has 0 unspecified atom stereocenters. The lowest BCUT2D eigenvalue weighted by Gasteiger charge is -2.22. The summed E-state index contributed by atoms with van der Waals surface area (Å²) in [6.45, 7) is 1.42. The van der Waals surface area contributed by atoms with E-state index in [1.807, 2.05) is 30.3 Å². The number of nitrogens with zero attached hydrogens (tertiary/aromatic N) is 2. The number of carbonyl (C=O) groups excluding carboxylic acids is 3. The monoisotopic (exact) mass is 441 g/mol. The van der Waals surface area contributed by atoms with Crippen LogP contribution in [0.1, 0.15) is 12.5 Å². The number of anilines is 3. The summed E-state index contributed by atoms with van der Waals surface area (Å²) in [4.78, 5) is 41.6. The second kappa shape index (κ2) is 9.00. The number of likely N-dealkylation sites (N-methyl/N-ethyl adjacent to an activating group) is 1. The number of ether oxygens (including phenoxy) is 1. The first-order valence-corrected chi connectivity index (χ1v) is 10.3. The van der Waals surface area contributed by atoms with Gasteiger partial charge in [-0.1, -0.05) is 42.5 Å². The van der Waals surface area contributed by atoms with Crippen molar-refractivity contribution in [3.05, 3.63) is 90.1 Å². The van der Waals surface area contributed by atoms with Crippen LogP contribution in [0.5, 0.6) is 5.75 Å². The second-order valence-corrected chi connectivity index (χ2v) is 7.49. The summed E-state index contributed by atoms with van der Waals surface area (Å²) >= 11 is 0. The van der Waals surface area contributed by atoms with Crippen LogP contribution in [0.2, 0.25) is 0 Å². The van der Waals surface area contributed by atoms with E-state index < -0.39 is 11.8 Å². The highest BCUT2D eigenvalue weighted by Crippen LogP contribution is 2.39. The molecule has 7 heteroatoms. The largest absolute Gasteiger partial charge is 0.495 e. The summed E-state index contributed by atoms with van der Waals surface area (Å²) in [6.07, 6.45) is 0. The van der Waals surface area contributed by atoms with Gasteiger partial charge in [0.05, 0.1) is 18.4 Å². The average molecular weight is 441 g/mol. The van der Waals surface area contributed by atoms with E-state index in [0.29, 0.717) is 22.7 Å². The molecule has 0 aromatic heterocycles. The number of benzene rings is 3. The molecular weight excluding hydrogens is 418 g/mol. The van der Waals surface area contributed by atoms with E-state index in [1.165, 1.54) is 14.0 Å². The van der Waals surface area contributed by atoms with Crippen LogP contribution in [0.15, 0.2) is 84.6 Å². The molecule has 4 rings (SSSR count). The Labute approximate surface area is 191 Å². The Morgan fingerprint density at radius 3 is 2.15 bits per heavy atom. The number of para-hydroxylation sites is 3. The predicted octanol–water partition coefficient (Wildman–Crippen LogP) is 4.07. The molecule has 0 radical (unpaired) electrons. The van der Waals surface area contributed by atoms with Crippen molar-refractivity contribution in [1.82, 2.24) is 0 Å². The van der Waals surface area contributed by atoms with Gasteiger partial charge in [0.1, 0.15) is 11.4 Å². The molecule has 7 nitrogen and oxygen atoms in total. The van der Waals surface area contributed by atoms with E-state index in [-0.39, 0.29) is 17.2 Å². The summed E-state index contributed by atoms with van der Waals surface area (Å²) in [6, 6.07) is 23.1. The summed E-state index contributed by atoms with van der Waals surface area (Å²) in [7, 11) is 3.25. The van der Waals surface area contributed by atoms with Crippen molar-refractivity contribution < 1.29 is 19.1 Å². The van der Waals surface area contributed by atoms with E-state index in [2.05, 4.69) is 5.32 Å². The SMILES string of the molecule is COc1ccccc1N1C(=O)C(c2ccc(NC(C)=O)cc2)=C(N(C)c2ccccc2)C1=O. The van der Waals surface area contributed by atoms with E-state index in [4.69, 9.17) is 4.74 Å². The molecule has 1 N–H and O–H groups in total. The van der Waals surface area contributed by atoms with Crippen LogP contribution in [0.25, 0.3) is 5.57 Å². The zero-order chi connectivity index (χ0) is 23.5. The molecule has 0 saturated carbocycles. The van der Waals surface area contributed by atoms with Gasteiger partial charge in [-0.2, -0.15) is 0 Å². The van der Waals surface area contributed by atoms with Gasteiger partial charge in [0, 0.05) is 25.3 Å². The van der Waals surface area contributed by atoms with E-state index in [1.54, 1.807) is 60.5 Å². The normalized spacial score (nSPS) is 13.4. The molecule has 1 aliphatic rings. The molecule has 3 amide bonds. The molecular formula is C26H23N3O4. The van der Waals surface area contributed by atoms with Crippen molar-refractivity contribution in [2.45, 2.75) is 6.92 Å². The van der Waals surface area contributed by atoms with Crippen molar-refractivity contribution in [3.8, 4) is 5.75 Å². The minimum atomic E-state index is -0.449. The lowest BCUT2D eigenvalue weighted by molar-refractivity contribution is -0.120. The third-order valence-electron chi connectivity index (χ3n) is 5.36. The van der Waals surface area contributed by atoms with Crippen molar-refractivity contribution in [1.29, 1.82) is 0 Å². The Balaban J connectivity index is 1.85. The van der Waals surface area contributed by atoms with Crippen LogP contribution < -0.4 is 19.9 Å². The minimum absolute atomic E-state index is 0.194. The van der Waals surface area contributed by atoms with Crippen LogP contribution in [-0.2, 0) is 14.4 Å². The van der Waals surface area contributed by atoms with Gasteiger partial charge in [0.15, 0.2) is 0 Å². The van der Waals surface area contributed by atoms with E-state index in [0.717, 1.165) is 10.6 Å². The topological polar surface area (TPSA) is 79.0 Å². The fraction of sp³-hybridized carbons (Fsp3) is 0.115. The quantitative estimate of drug-likeness (QED) is 0.584. The van der Waals surface area contributed by atoms with Gasteiger partial charge in [-0.05, 0) is 42.0 Å². The number of amides is 3. The number of methoxy groups -OCH3 is 1. The average Bonchev–Trinajstić information content (AvgIpc) is 3.09. The summed E-state index contributed by atoms with van der Waals surface area (Å²) in [5.41, 5.74) is 2.83. The van der Waals surface area contributed by atoms with Crippen molar-refractivity contribution in [2.24, 2.45) is 0 Å². The molecule has 166 valence electrons. The van der Waals surface area contributed by atoms with Crippen LogP contribution in [0, 0.1) is 0 Å². The molecule has 0 saturated heterocycles. The zero-order valence-electron chi connectivity index (χ0n) is 18.5. The molecule has 1 heterocycles. The third kappa shape index (κ3) is 4.08. The summed E-state index contributed by atoms with van der Waals surface area (Å²) in [5.74, 6) is -0.671. The van der Waals surface area contributed by atoms with Gasteiger partial charge in [-0.3, -0.25) is 14.4 Å². The Morgan fingerprint density at radius 1 is 0.879 bits per heavy atom. The van der Waals surface area contributed by atoms with Crippen molar-refractivity contribution in [3.63, 3.8) is 0 Å². The Hall–Kier alpha value is -4.39. The lowest BCUT2D eigenvalue weighted by atomic mass is 10.0. The fourth-order valence-corrected chi connectivity index (χ4v) is 3.83. The van der Waals surface area contributed by atoms with Gasteiger partial charge >= 0.3 is 0 Å². The first-order valence-electron chi connectivity index (χ1n) is 10.3. The fourth-order valence-electron chi connectivity index (χ4n) is 3.83. The summed E-state index contributed by atoms with van der Waals surface area (Å²) < 4.78 is 5.41. The lowest BCUT2D eigenvalue weighted by Crippen LogP contribution is -2.34. The van der Waals surface area contributed by atoms with Crippen LogP contribution in [0.4, 0.5) is 17.1 Å². The molecule has 0 spiro atoms. The van der Waals surface area contributed by atoms with Gasteiger partial charge < -0.3 is 15.0 Å². The van der Waals surface area contributed by atoms with E-state index in [9.17, 15) is 14.4 Å². The van der Waals surface area contributed by atoms with Crippen LogP contribution in [-0.4, -0.2) is 31.9 Å². The maximum atomic E-state index is 13.7. The van der Waals surface area contributed by atoms with Gasteiger partial charge in [0.25, 0.3) is 11.8 Å². The zero-order valence-corrected chi connectivity index (χ0v) is 18.5. The van der Waals surface area contributed by atoms with Gasteiger partial charge in [-0.15, -0.1) is 0 Å². The van der Waals surface area contributed by atoms with Crippen LogP contribution >= 0.6 is 0 Å². The van der Waals surface area contributed by atoms with E-state index >= 15 is 0 Å². The summed E-state index contributed by atoms with van der Waals surface area (Å²) in [5, 5.41) is 2.71. The highest BCUT2D eigenvalue weighted by Gasteiger charge is 2.43. The maximum absolute atomic E-state index is 13.7. The van der Waals surface area contributed by atoms with Crippen molar-refractivity contribution in [2.75, 3.05) is 29.3 Å². The smallest absolute Gasteiger partial charge is 0.282 e. The second-order valence-electron chi connectivity index (χ2n) is 7.49. The van der Waals surface area contributed by atoms with Crippen LogP contribution in [0.3, 0.4) is 0 Å². The molecule has 0 fully saturated rings. The number of carbonyl (C=O) groups is 3. The highest BCUT2D eigenvalue weighted by molar-refractivity contribution is 6.46. The maximum Gasteiger partial charge on any atom is 0.282 e. The number of hydrogen-bond acceptors (Lipinski definition) is 5. The Kier molecular flexibility index (Phi) is 5.95. The number of nitrogens with one attached hydrogen (secondary N) is 1. The molecule has 33 heavy (non-hydrogen) atoms. The number of rotatable bonds is 6. The molecule has 0 atom stereocenters. The standard InChI is InChI=1S/C26H23N3O4/c1-17(30)27-19-15-13-18(14-16-19)23-24(28(2)20-9-5-4-6-10-20)26(32)29(25(23)31)21-11-7-8-12-22(21)33-3/h4-16H,1-3H3,(H,27,30). The van der Waals surface area contributed by atoms with Gasteiger partial charge in [-0.25, -0.2) is 4.90 Å². The molecule has 3 aromatic carbocycles. The predicted molar refractivity (Wildman–Crippen MR) is 128 cm³/mol. The molecule has 3 aromatic rings. The molecule has 0 bridgehead atoms. The first-order chi connectivity index (χ1) is 15.9. The third-order valence-corrected chi connectivity index (χ3v) is 5.36. The van der Waals surface area contributed by atoms with Gasteiger partial charge in [0.2, 0.25) is 5.91 Å². The Morgan fingerprint density at radius 2 is 1.52 bits per heavy atom.